The fourth-order valence-corrected chi connectivity index (χ4v) is 4.04. The number of carbonyl (C=O) groups is 1. The SMILES string of the molecule is CC(C(=O)O)c1c(Br)cc(Br)cc1Br. The Balaban J connectivity index is 3.27. The number of halogens is 3. The van der Waals surface area contributed by atoms with Gasteiger partial charge in [-0.1, -0.05) is 47.8 Å². The van der Waals surface area contributed by atoms with Gasteiger partial charge in [0, 0.05) is 13.4 Å². The lowest BCUT2D eigenvalue weighted by Crippen LogP contribution is -2.08. The van der Waals surface area contributed by atoms with E-state index >= 15 is 0 Å². The van der Waals surface area contributed by atoms with Gasteiger partial charge in [0.15, 0.2) is 0 Å². The first kappa shape index (κ1) is 12.2. The van der Waals surface area contributed by atoms with E-state index in [1.54, 1.807) is 6.92 Å². The number of aliphatic carboxylic acids is 1. The summed E-state index contributed by atoms with van der Waals surface area (Å²) in [7, 11) is 0. The van der Waals surface area contributed by atoms with E-state index in [1.807, 2.05) is 12.1 Å². The van der Waals surface area contributed by atoms with E-state index in [0.29, 0.717) is 0 Å². The third-order valence-electron chi connectivity index (χ3n) is 1.85. The summed E-state index contributed by atoms with van der Waals surface area (Å²) in [5, 5.41) is 8.90. The number of hydrogen-bond donors (Lipinski definition) is 1. The quantitative estimate of drug-likeness (QED) is 0.828. The fraction of sp³-hybridized carbons (Fsp3) is 0.222. The molecule has 1 aromatic carbocycles. The molecule has 0 aliphatic carbocycles. The maximum atomic E-state index is 10.8. The Labute approximate surface area is 107 Å². The minimum atomic E-state index is -0.839. The molecule has 0 fully saturated rings. The van der Waals surface area contributed by atoms with Crippen LogP contribution in [0.15, 0.2) is 25.6 Å². The number of rotatable bonds is 2. The summed E-state index contributed by atoms with van der Waals surface area (Å²) in [6.07, 6.45) is 0. The molecule has 1 unspecified atom stereocenters. The Hall–Kier alpha value is 0.130. The van der Waals surface area contributed by atoms with E-state index in [-0.39, 0.29) is 0 Å². The molecular formula is C9H7Br3O2. The smallest absolute Gasteiger partial charge is 0.310 e. The van der Waals surface area contributed by atoms with Crippen LogP contribution in [0.3, 0.4) is 0 Å². The monoisotopic (exact) mass is 384 g/mol. The van der Waals surface area contributed by atoms with E-state index in [4.69, 9.17) is 5.11 Å². The fourth-order valence-electron chi connectivity index (χ4n) is 1.09. The van der Waals surface area contributed by atoms with E-state index in [0.717, 1.165) is 19.0 Å². The van der Waals surface area contributed by atoms with Gasteiger partial charge in [-0.05, 0) is 24.6 Å². The minimum Gasteiger partial charge on any atom is -0.481 e. The summed E-state index contributed by atoms with van der Waals surface area (Å²) < 4.78 is 2.47. The van der Waals surface area contributed by atoms with Crippen LogP contribution in [0.4, 0.5) is 0 Å². The highest BCUT2D eigenvalue weighted by molar-refractivity contribution is 9.11. The molecule has 0 aliphatic heterocycles. The molecule has 1 aromatic rings. The zero-order chi connectivity index (χ0) is 10.9. The van der Waals surface area contributed by atoms with Gasteiger partial charge in [0.25, 0.3) is 0 Å². The van der Waals surface area contributed by atoms with Crippen molar-refractivity contribution in [1.29, 1.82) is 0 Å². The normalized spacial score (nSPS) is 12.6. The first-order valence-electron chi connectivity index (χ1n) is 3.80. The van der Waals surface area contributed by atoms with Gasteiger partial charge < -0.3 is 5.11 Å². The van der Waals surface area contributed by atoms with Gasteiger partial charge in [-0.3, -0.25) is 4.79 Å². The van der Waals surface area contributed by atoms with Gasteiger partial charge >= 0.3 is 5.97 Å². The van der Waals surface area contributed by atoms with Gasteiger partial charge in [-0.25, -0.2) is 0 Å². The highest BCUT2D eigenvalue weighted by atomic mass is 79.9. The van der Waals surface area contributed by atoms with Gasteiger partial charge in [0.2, 0.25) is 0 Å². The van der Waals surface area contributed by atoms with Gasteiger partial charge in [-0.15, -0.1) is 0 Å². The van der Waals surface area contributed by atoms with Crippen molar-refractivity contribution in [3.8, 4) is 0 Å². The molecular weight excluding hydrogens is 380 g/mol. The van der Waals surface area contributed by atoms with Crippen LogP contribution >= 0.6 is 47.8 Å². The van der Waals surface area contributed by atoms with Crippen LogP contribution in [0.1, 0.15) is 18.4 Å². The molecule has 0 amide bonds. The summed E-state index contributed by atoms with van der Waals surface area (Å²) in [5.41, 5.74) is 0.751. The highest BCUT2D eigenvalue weighted by Gasteiger charge is 2.19. The number of carboxylic acid groups (broad SMARTS) is 1. The van der Waals surface area contributed by atoms with Crippen LogP contribution in [-0.2, 0) is 4.79 Å². The molecule has 0 heterocycles. The molecule has 1 atom stereocenters. The maximum absolute atomic E-state index is 10.8. The minimum absolute atomic E-state index is 0.535. The number of hydrogen-bond acceptors (Lipinski definition) is 1. The second-order valence-electron chi connectivity index (χ2n) is 2.84. The third-order valence-corrected chi connectivity index (χ3v) is 3.62. The summed E-state index contributed by atoms with van der Waals surface area (Å²) in [4.78, 5) is 10.8. The van der Waals surface area contributed by atoms with E-state index in [2.05, 4.69) is 47.8 Å². The molecule has 5 heteroatoms. The molecule has 0 radical (unpaired) electrons. The molecule has 1 rings (SSSR count). The molecule has 0 saturated carbocycles. The van der Waals surface area contributed by atoms with Crippen molar-refractivity contribution in [2.24, 2.45) is 0 Å². The van der Waals surface area contributed by atoms with Crippen molar-refractivity contribution in [2.45, 2.75) is 12.8 Å². The van der Waals surface area contributed by atoms with E-state index < -0.39 is 11.9 Å². The van der Waals surface area contributed by atoms with E-state index in [1.165, 1.54) is 0 Å². The highest BCUT2D eigenvalue weighted by Crippen LogP contribution is 2.35. The molecule has 14 heavy (non-hydrogen) atoms. The first-order valence-corrected chi connectivity index (χ1v) is 6.18. The predicted octanol–water partition coefficient (Wildman–Crippen LogP) is 4.16. The Morgan fingerprint density at radius 1 is 1.29 bits per heavy atom. The van der Waals surface area contributed by atoms with Crippen molar-refractivity contribution in [3.05, 3.63) is 31.1 Å². The van der Waals surface area contributed by atoms with Crippen molar-refractivity contribution in [2.75, 3.05) is 0 Å². The second kappa shape index (κ2) is 4.77. The summed E-state index contributed by atoms with van der Waals surface area (Å²) in [5.74, 6) is -1.37. The summed E-state index contributed by atoms with van der Waals surface area (Å²) in [6.45, 7) is 1.65. The maximum Gasteiger partial charge on any atom is 0.310 e. The lowest BCUT2D eigenvalue weighted by atomic mass is 10.0. The second-order valence-corrected chi connectivity index (χ2v) is 5.47. The lowest BCUT2D eigenvalue weighted by molar-refractivity contribution is -0.138. The number of carboxylic acids is 1. The van der Waals surface area contributed by atoms with Gasteiger partial charge in [0.05, 0.1) is 5.92 Å². The standard InChI is InChI=1S/C9H7Br3O2/c1-4(9(13)14)8-6(11)2-5(10)3-7(8)12/h2-4H,1H3,(H,13,14). The summed E-state index contributed by atoms with van der Waals surface area (Å²) >= 11 is 10.0. The zero-order valence-corrected chi connectivity index (χ0v) is 12.0. The molecule has 0 saturated heterocycles. The van der Waals surface area contributed by atoms with Crippen LogP contribution in [-0.4, -0.2) is 11.1 Å². The molecule has 0 bridgehead atoms. The van der Waals surface area contributed by atoms with E-state index in [9.17, 15) is 4.79 Å². The Bertz CT molecular complexity index is 353. The van der Waals surface area contributed by atoms with Crippen LogP contribution in [0, 0.1) is 0 Å². The Kier molecular flexibility index (Phi) is 4.15. The average molecular weight is 387 g/mol. The van der Waals surface area contributed by atoms with Crippen molar-refractivity contribution in [3.63, 3.8) is 0 Å². The number of benzene rings is 1. The van der Waals surface area contributed by atoms with Crippen LogP contribution in [0.2, 0.25) is 0 Å². The van der Waals surface area contributed by atoms with Crippen molar-refractivity contribution >= 4 is 53.8 Å². The molecule has 0 aliphatic rings. The topological polar surface area (TPSA) is 37.3 Å². The van der Waals surface area contributed by atoms with Gasteiger partial charge in [0.1, 0.15) is 0 Å². The molecule has 0 spiro atoms. The van der Waals surface area contributed by atoms with Crippen molar-refractivity contribution in [1.82, 2.24) is 0 Å². The average Bonchev–Trinajstić information content (AvgIpc) is 2.01. The lowest BCUT2D eigenvalue weighted by Gasteiger charge is -2.12. The Morgan fingerprint density at radius 2 is 1.71 bits per heavy atom. The van der Waals surface area contributed by atoms with Crippen molar-refractivity contribution < 1.29 is 9.90 Å². The molecule has 0 aromatic heterocycles. The molecule has 2 nitrogen and oxygen atoms in total. The predicted molar refractivity (Wildman–Crippen MR) is 65.6 cm³/mol. The van der Waals surface area contributed by atoms with Crippen LogP contribution in [0.5, 0.6) is 0 Å². The van der Waals surface area contributed by atoms with Crippen LogP contribution in [0.25, 0.3) is 0 Å². The van der Waals surface area contributed by atoms with Gasteiger partial charge in [-0.2, -0.15) is 0 Å². The summed E-state index contributed by atoms with van der Waals surface area (Å²) in [6, 6.07) is 3.67. The molecule has 1 N–H and O–H groups in total. The third kappa shape index (κ3) is 2.58. The molecule has 76 valence electrons. The Morgan fingerprint density at radius 3 is 2.07 bits per heavy atom. The first-order chi connectivity index (χ1) is 6.43. The largest absolute Gasteiger partial charge is 0.481 e. The van der Waals surface area contributed by atoms with Crippen LogP contribution < -0.4 is 0 Å². The zero-order valence-electron chi connectivity index (χ0n) is 7.22.